The molecule has 6 rings (SSSR count). The first-order valence-electron chi connectivity index (χ1n) is 9.94. The van der Waals surface area contributed by atoms with Gasteiger partial charge in [-0.2, -0.15) is 0 Å². The third-order valence-corrected chi connectivity index (χ3v) is 6.36. The lowest BCUT2D eigenvalue weighted by Gasteiger charge is -2.56. The minimum atomic E-state index is -1.62. The van der Waals surface area contributed by atoms with Crippen LogP contribution in [0.1, 0.15) is 35.6 Å². The Balaban J connectivity index is 1.95. The van der Waals surface area contributed by atoms with E-state index in [0.717, 1.165) is 6.08 Å². The lowest BCUT2D eigenvalue weighted by Crippen LogP contribution is -2.63. The van der Waals surface area contributed by atoms with Gasteiger partial charge in [-0.05, 0) is 0 Å². The molecule has 2 aromatic rings. The van der Waals surface area contributed by atoms with E-state index in [1.165, 1.54) is 0 Å². The summed E-state index contributed by atoms with van der Waals surface area (Å²) >= 11 is 0. The van der Waals surface area contributed by atoms with Gasteiger partial charge >= 0.3 is 23.9 Å². The van der Waals surface area contributed by atoms with Crippen molar-refractivity contribution >= 4 is 23.9 Å². The van der Waals surface area contributed by atoms with Gasteiger partial charge in [0.2, 0.25) is 0 Å². The third-order valence-electron chi connectivity index (χ3n) is 6.36. The van der Waals surface area contributed by atoms with E-state index < -0.39 is 46.9 Å². The first kappa shape index (κ1) is 19.2. The van der Waals surface area contributed by atoms with Crippen LogP contribution in [0.25, 0.3) is 0 Å². The van der Waals surface area contributed by atoms with Crippen LogP contribution in [-0.4, -0.2) is 23.9 Å². The molecule has 156 valence electrons. The SMILES string of the molecule is C=CC(=O)OC12c3ccccc3C(OC(=O)CC)(c3ccccc31)C1C(=O)OC(=O)C12. The van der Waals surface area contributed by atoms with Crippen LogP contribution < -0.4 is 0 Å². The van der Waals surface area contributed by atoms with Crippen LogP contribution >= 0.6 is 0 Å². The summed E-state index contributed by atoms with van der Waals surface area (Å²) in [5, 5.41) is 0. The molecule has 4 aliphatic rings. The average molecular weight is 418 g/mol. The Labute approximate surface area is 177 Å². The molecule has 2 unspecified atom stereocenters. The number of esters is 4. The highest BCUT2D eigenvalue weighted by atomic mass is 16.6. The summed E-state index contributed by atoms with van der Waals surface area (Å²) in [6.45, 7) is 5.12. The van der Waals surface area contributed by atoms with Gasteiger partial charge in [-0.15, -0.1) is 0 Å². The lowest BCUT2D eigenvalue weighted by molar-refractivity contribution is -0.191. The fourth-order valence-corrected chi connectivity index (χ4v) is 5.32. The molecular weight excluding hydrogens is 400 g/mol. The molecule has 2 bridgehead atoms. The summed E-state index contributed by atoms with van der Waals surface area (Å²) < 4.78 is 17.0. The van der Waals surface area contributed by atoms with E-state index in [2.05, 4.69) is 6.58 Å². The quantitative estimate of drug-likeness (QED) is 0.326. The Morgan fingerprint density at radius 2 is 1.32 bits per heavy atom. The van der Waals surface area contributed by atoms with Crippen LogP contribution in [0, 0.1) is 11.8 Å². The molecule has 2 atom stereocenters. The highest BCUT2D eigenvalue weighted by Gasteiger charge is 2.76. The number of hydrogen-bond donors (Lipinski definition) is 0. The second-order valence-electron chi connectivity index (χ2n) is 7.71. The van der Waals surface area contributed by atoms with Crippen LogP contribution in [0.4, 0.5) is 0 Å². The first-order chi connectivity index (χ1) is 14.9. The minimum absolute atomic E-state index is 0.0725. The van der Waals surface area contributed by atoms with E-state index in [1.807, 2.05) is 0 Å². The van der Waals surface area contributed by atoms with E-state index in [4.69, 9.17) is 14.2 Å². The third kappa shape index (κ3) is 2.18. The normalized spacial score (nSPS) is 29.3. The molecule has 7 nitrogen and oxygen atoms in total. The monoisotopic (exact) mass is 418 g/mol. The van der Waals surface area contributed by atoms with Crippen molar-refractivity contribution in [1.29, 1.82) is 0 Å². The van der Waals surface area contributed by atoms with Gasteiger partial charge < -0.3 is 14.2 Å². The molecule has 0 amide bonds. The van der Waals surface area contributed by atoms with Crippen molar-refractivity contribution in [2.75, 3.05) is 0 Å². The molecule has 2 aromatic carbocycles. The maximum atomic E-state index is 13.0. The number of carbonyl (C=O) groups excluding carboxylic acids is 4. The van der Waals surface area contributed by atoms with Crippen molar-refractivity contribution in [2.45, 2.75) is 24.5 Å². The van der Waals surface area contributed by atoms with Crippen LogP contribution in [0.3, 0.4) is 0 Å². The molecule has 0 N–H and O–H groups in total. The van der Waals surface area contributed by atoms with Gasteiger partial charge in [-0.1, -0.05) is 62.0 Å². The van der Waals surface area contributed by atoms with Gasteiger partial charge in [-0.3, -0.25) is 14.4 Å². The molecule has 1 aliphatic heterocycles. The maximum Gasteiger partial charge on any atom is 0.331 e. The molecule has 3 aliphatic carbocycles. The number of cyclic esters (lactones) is 2. The maximum absolute atomic E-state index is 13.0. The molecular formula is C24H18O7. The summed E-state index contributed by atoms with van der Waals surface area (Å²) in [7, 11) is 0. The van der Waals surface area contributed by atoms with Crippen LogP contribution in [-0.2, 0) is 44.6 Å². The highest BCUT2D eigenvalue weighted by Crippen LogP contribution is 2.67. The zero-order valence-corrected chi connectivity index (χ0v) is 16.6. The Hall–Kier alpha value is -3.74. The molecule has 7 heteroatoms. The second kappa shape index (κ2) is 6.38. The number of rotatable bonds is 4. The Kier molecular flexibility index (Phi) is 3.96. The number of benzene rings is 2. The number of hydrogen-bond acceptors (Lipinski definition) is 7. The molecule has 0 spiro atoms. The Bertz CT molecular complexity index is 1130. The summed E-state index contributed by atoms with van der Waals surface area (Å²) in [6, 6.07) is 13.8. The molecule has 0 saturated carbocycles. The van der Waals surface area contributed by atoms with Crippen molar-refractivity contribution in [3.8, 4) is 0 Å². The fourth-order valence-electron chi connectivity index (χ4n) is 5.32. The second-order valence-corrected chi connectivity index (χ2v) is 7.71. The summed E-state index contributed by atoms with van der Waals surface area (Å²) in [5.41, 5.74) is -1.27. The van der Waals surface area contributed by atoms with E-state index in [-0.39, 0.29) is 6.42 Å². The Morgan fingerprint density at radius 1 is 0.903 bits per heavy atom. The molecule has 0 aromatic heterocycles. The van der Waals surface area contributed by atoms with Gasteiger partial charge in [0.15, 0.2) is 11.2 Å². The standard InChI is InChI=1S/C24H18O7/c1-3-17(25)30-23-13-9-5-7-11-15(13)24(31-18(26)4-2,16-12-8-6-10-14(16)23)20-19(23)21(27)29-22(20)28/h3,5-12,19-20H,1,4H2,2H3. The van der Waals surface area contributed by atoms with Crippen LogP contribution in [0.5, 0.6) is 0 Å². The number of ether oxygens (including phenoxy) is 3. The minimum Gasteiger partial charge on any atom is -0.448 e. The Morgan fingerprint density at radius 3 is 1.71 bits per heavy atom. The smallest absolute Gasteiger partial charge is 0.331 e. The van der Waals surface area contributed by atoms with E-state index in [0.29, 0.717) is 22.3 Å². The van der Waals surface area contributed by atoms with Gasteiger partial charge in [0, 0.05) is 34.8 Å². The largest absolute Gasteiger partial charge is 0.448 e. The van der Waals surface area contributed by atoms with Gasteiger partial charge in [0.25, 0.3) is 0 Å². The predicted molar refractivity (Wildman–Crippen MR) is 105 cm³/mol. The van der Waals surface area contributed by atoms with Gasteiger partial charge in [0.05, 0.1) is 0 Å². The number of carbonyl (C=O) groups is 4. The highest BCUT2D eigenvalue weighted by molar-refractivity contribution is 6.01. The van der Waals surface area contributed by atoms with Crippen molar-refractivity contribution in [2.24, 2.45) is 11.8 Å². The summed E-state index contributed by atoms with van der Waals surface area (Å²) in [4.78, 5) is 51.1. The average Bonchev–Trinajstić information content (AvgIpc) is 3.10. The van der Waals surface area contributed by atoms with E-state index in [9.17, 15) is 19.2 Å². The van der Waals surface area contributed by atoms with Gasteiger partial charge in [0.1, 0.15) is 11.8 Å². The zero-order valence-electron chi connectivity index (χ0n) is 16.6. The lowest BCUT2D eigenvalue weighted by atomic mass is 9.50. The predicted octanol–water partition coefficient (Wildman–Crippen LogP) is 2.50. The molecule has 0 radical (unpaired) electrons. The molecule has 1 heterocycles. The van der Waals surface area contributed by atoms with E-state index in [1.54, 1.807) is 55.5 Å². The van der Waals surface area contributed by atoms with Crippen molar-refractivity contribution in [3.63, 3.8) is 0 Å². The molecule has 31 heavy (non-hydrogen) atoms. The fraction of sp³-hybridized carbons (Fsp3) is 0.250. The van der Waals surface area contributed by atoms with Crippen LogP contribution in [0.15, 0.2) is 61.2 Å². The summed E-state index contributed by atoms with van der Waals surface area (Å²) in [6.07, 6.45) is 1.08. The van der Waals surface area contributed by atoms with Crippen molar-refractivity contribution in [3.05, 3.63) is 83.4 Å². The molecule has 1 fully saturated rings. The van der Waals surface area contributed by atoms with Crippen LogP contribution in [0.2, 0.25) is 0 Å². The summed E-state index contributed by atoms with van der Waals surface area (Å²) in [5.74, 6) is -5.34. The van der Waals surface area contributed by atoms with E-state index >= 15 is 0 Å². The van der Waals surface area contributed by atoms with Crippen molar-refractivity contribution < 1.29 is 33.4 Å². The molecule has 1 saturated heterocycles. The topological polar surface area (TPSA) is 96.0 Å². The van der Waals surface area contributed by atoms with Crippen molar-refractivity contribution in [1.82, 2.24) is 0 Å². The zero-order chi connectivity index (χ0) is 22.0. The first-order valence-corrected chi connectivity index (χ1v) is 9.94. The van der Waals surface area contributed by atoms with Gasteiger partial charge in [-0.25, -0.2) is 4.79 Å².